The van der Waals surface area contributed by atoms with Gasteiger partial charge in [-0.3, -0.25) is 9.59 Å². The van der Waals surface area contributed by atoms with Gasteiger partial charge in [0.25, 0.3) is 11.5 Å². The molecule has 3 rings (SSSR count). The lowest BCUT2D eigenvalue weighted by atomic mass is 10.0. The summed E-state index contributed by atoms with van der Waals surface area (Å²) in [5, 5.41) is 3.63. The van der Waals surface area contributed by atoms with Crippen LogP contribution < -0.4 is 10.9 Å². The number of carbonyl (C=O) groups is 1. The van der Waals surface area contributed by atoms with Gasteiger partial charge in [-0.15, -0.1) is 0 Å². The number of aryl methyl sites for hydroxylation is 1. The van der Waals surface area contributed by atoms with Crippen molar-refractivity contribution >= 4 is 15.7 Å². The molecule has 2 heterocycles. The van der Waals surface area contributed by atoms with E-state index in [0.717, 1.165) is 16.5 Å². The summed E-state index contributed by atoms with van der Waals surface area (Å²) in [7, 11) is -3.27. The van der Waals surface area contributed by atoms with Crippen LogP contribution in [0.2, 0.25) is 0 Å². The van der Waals surface area contributed by atoms with Crippen molar-refractivity contribution in [3.63, 3.8) is 0 Å². The van der Waals surface area contributed by atoms with E-state index in [1.807, 2.05) is 30.3 Å². The standard InChI is InChI=1S/C17H16N2O4S/c1-11-9-14(16(20)18-13-7-8-24(22,23)10-13)17(21)19-15(11)12-5-3-2-4-6-12/h2-9,13H,10H2,1H3,(H,18,20)(H,19,21)/t13-/m1/s1. The molecule has 0 saturated heterocycles. The van der Waals surface area contributed by atoms with Crippen LogP contribution in [0, 0.1) is 6.92 Å². The number of aromatic nitrogens is 1. The van der Waals surface area contributed by atoms with Gasteiger partial charge in [0.15, 0.2) is 9.84 Å². The van der Waals surface area contributed by atoms with Crippen molar-refractivity contribution in [2.24, 2.45) is 0 Å². The van der Waals surface area contributed by atoms with E-state index in [0.29, 0.717) is 5.69 Å². The highest BCUT2D eigenvalue weighted by Gasteiger charge is 2.24. The number of pyridine rings is 1. The fourth-order valence-corrected chi connectivity index (χ4v) is 3.85. The SMILES string of the molecule is Cc1cc(C(=O)N[C@@H]2C=CS(=O)(=O)C2)c(=O)[nH]c1-c1ccccc1. The number of benzene rings is 1. The third kappa shape index (κ3) is 3.30. The summed E-state index contributed by atoms with van der Waals surface area (Å²) < 4.78 is 22.8. The van der Waals surface area contributed by atoms with E-state index < -0.39 is 27.3 Å². The molecular formula is C17H16N2O4S. The molecule has 0 aliphatic carbocycles. The molecule has 1 aromatic carbocycles. The van der Waals surface area contributed by atoms with Gasteiger partial charge in [0, 0.05) is 5.41 Å². The van der Waals surface area contributed by atoms with Crippen LogP contribution in [0.5, 0.6) is 0 Å². The normalized spacial score (nSPS) is 18.5. The Morgan fingerprint density at radius 1 is 1.25 bits per heavy atom. The fraction of sp³-hybridized carbons (Fsp3) is 0.176. The van der Waals surface area contributed by atoms with Crippen LogP contribution in [-0.4, -0.2) is 31.1 Å². The maximum atomic E-state index is 12.3. The fourth-order valence-electron chi connectivity index (χ4n) is 2.62. The number of nitrogens with one attached hydrogen (secondary N) is 2. The topological polar surface area (TPSA) is 96.1 Å². The van der Waals surface area contributed by atoms with E-state index in [-0.39, 0.29) is 11.3 Å². The van der Waals surface area contributed by atoms with Gasteiger partial charge in [0.05, 0.1) is 17.5 Å². The molecule has 0 spiro atoms. The zero-order valence-corrected chi connectivity index (χ0v) is 13.8. The van der Waals surface area contributed by atoms with Gasteiger partial charge < -0.3 is 10.3 Å². The highest BCUT2D eigenvalue weighted by atomic mass is 32.2. The Hall–Kier alpha value is -2.67. The second-order valence-electron chi connectivity index (χ2n) is 5.67. The smallest absolute Gasteiger partial charge is 0.261 e. The molecule has 0 fully saturated rings. The first kappa shape index (κ1) is 16.2. The third-order valence-corrected chi connectivity index (χ3v) is 5.19. The molecule has 124 valence electrons. The van der Waals surface area contributed by atoms with Crippen LogP contribution in [0.1, 0.15) is 15.9 Å². The van der Waals surface area contributed by atoms with Gasteiger partial charge in [-0.1, -0.05) is 30.3 Å². The Labute approximate surface area is 139 Å². The predicted octanol–water partition coefficient (Wildman–Crippen LogP) is 1.39. The molecule has 1 aliphatic rings. The minimum absolute atomic E-state index is 0.0371. The molecule has 7 heteroatoms. The average molecular weight is 344 g/mol. The zero-order valence-electron chi connectivity index (χ0n) is 12.9. The average Bonchev–Trinajstić information content (AvgIpc) is 2.88. The molecule has 6 nitrogen and oxygen atoms in total. The lowest BCUT2D eigenvalue weighted by molar-refractivity contribution is 0.0946. The summed E-state index contributed by atoms with van der Waals surface area (Å²) in [6.45, 7) is 1.80. The summed E-state index contributed by atoms with van der Waals surface area (Å²) in [5.41, 5.74) is 1.71. The highest BCUT2D eigenvalue weighted by molar-refractivity contribution is 7.94. The summed E-state index contributed by atoms with van der Waals surface area (Å²) >= 11 is 0. The number of H-pyrrole nitrogens is 1. The Morgan fingerprint density at radius 2 is 1.96 bits per heavy atom. The number of hydrogen-bond donors (Lipinski definition) is 2. The second kappa shape index (κ2) is 6.09. The van der Waals surface area contributed by atoms with Gasteiger partial charge in [-0.2, -0.15) is 0 Å². The number of amides is 1. The van der Waals surface area contributed by atoms with Crippen LogP contribution in [0.3, 0.4) is 0 Å². The van der Waals surface area contributed by atoms with Crippen molar-refractivity contribution < 1.29 is 13.2 Å². The molecule has 1 aromatic heterocycles. The van der Waals surface area contributed by atoms with Crippen molar-refractivity contribution in [2.75, 3.05) is 5.75 Å². The monoisotopic (exact) mass is 344 g/mol. The van der Waals surface area contributed by atoms with Crippen molar-refractivity contribution in [3.8, 4) is 11.3 Å². The van der Waals surface area contributed by atoms with E-state index in [2.05, 4.69) is 10.3 Å². The maximum absolute atomic E-state index is 12.3. The van der Waals surface area contributed by atoms with Crippen LogP contribution in [0.15, 0.2) is 52.7 Å². The van der Waals surface area contributed by atoms with Gasteiger partial charge in [0.2, 0.25) is 0 Å². The lowest BCUT2D eigenvalue weighted by Gasteiger charge is -2.11. The molecule has 1 aliphatic heterocycles. The molecule has 0 bridgehead atoms. The lowest BCUT2D eigenvalue weighted by Crippen LogP contribution is -2.38. The van der Waals surface area contributed by atoms with Crippen molar-refractivity contribution in [3.05, 3.63) is 69.4 Å². The Morgan fingerprint density at radius 3 is 2.58 bits per heavy atom. The third-order valence-electron chi connectivity index (χ3n) is 3.79. The summed E-state index contributed by atoms with van der Waals surface area (Å²) in [5.74, 6) is -0.775. The molecule has 2 N–H and O–H groups in total. The first-order valence-corrected chi connectivity index (χ1v) is 9.08. The molecule has 1 atom stereocenters. The van der Waals surface area contributed by atoms with Gasteiger partial charge >= 0.3 is 0 Å². The van der Waals surface area contributed by atoms with Gasteiger partial charge in [-0.25, -0.2) is 8.42 Å². The molecule has 0 radical (unpaired) electrons. The van der Waals surface area contributed by atoms with E-state index in [1.165, 1.54) is 12.1 Å². The van der Waals surface area contributed by atoms with E-state index >= 15 is 0 Å². The van der Waals surface area contributed by atoms with Crippen LogP contribution in [0.25, 0.3) is 11.3 Å². The van der Waals surface area contributed by atoms with E-state index in [4.69, 9.17) is 0 Å². The van der Waals surface area contributed by atoms with Gasteiger partial charge in [-0.05, 0) is 30.2 Å². The maximum Gasteiger partial charge on any atom is 0.261 e. The quantitative estimate of drug-likeness (QED) is 0.879. The largest absolute Gasteiger partial charge is 0.345 e. The van der Waals surface area contributed by atoms with Crippen LogP contribution in [-0.2, 0) is 9.84 Å². The molecule has 1 amide bonds. The summed E-state index contributed by atoms with van der Waals surface area (Å²) in [4.78, 5) is 27.3. The first-order chi connectivity index (χ1) is 11.4. The number of carbonyl (C=O) groups excluding carboxylic acids is 1. The predicted molar refractivity (Wildman–Crippen MR) is 91.4 cm³/mol. The molecular weight excluding hydrogens is 328 g/mol. The Kier molecular flexibility index (Phi) is 4.11. The number of aromatic amines is 1. The molecule has 24 heavy (non-hydrogen) atoms. The highest BCUT2D eigenvalue weighted by Crippen LogP contribution is 2.19. The van der Waals surface area contributed by atoms with E-state index in [9.17, 15) is 18.0 Å². The Balaban J connectivity index is 1.87. The van der Waals surface area contributed by atoms with Crippen molar-refractivity contribution in [2.45, 2.75) is 13.0 Å². The van der Waals surface area contributed by atoms with Crippen LogP contribution >= 0.6 is 0 Å². The zero-order chi connectivity index (χ0) is 17.3. The molecule has 0 unspecified atom stereocenters. The minimum atomic E-state index is -3.27. The molecule has 2 aromatic rings. The van der Waals surface area contributed by atoms with Gasteiger partial charge in [0.1, 0.15) is 5.56 Å². The number of sulfone groups is 1. The summed E-state index contributed by atoms with van der Waals surface area (Å²) in [6.07, 6.45) is 1.41. The second-order valence-corrected chi connectivity index (χ2v) is 7.61. The van der Waals surface area contributed by atoms with Crippen molar-refractivity contribution in [1.29, 1.82) is 0 Å². The number of rotatable bonds is 3. The van der Waals surface area contributed by atoms with Crippen molar-refractivity contribution in [1.82, 2.24) is 10.3 Å². The van der Waals surface area contributed by atoms with Crippen LogP contribution in [0.4, 0.5) is 0 Å². The summed E-state index contributed by atoms with van der Waals surface area (Å²) in [6, 6.07) is 10.2. The minimum Gasteiger partial charge on any atom is -0.345 e. The molecule has 0 saturated carbocycles. The number of hydrogen-bond acceptors (Lipinski definition) is 4. The Bertz CT molecular complexity index is 975. The first-order valence-electron chi connectivity index (χ1n) is 7.37. The van der Waals surface area contributed by atoms with E-state index in [1.54, 1.807) is 6.92 Å².